The summed E-state index contributed by atoms with van der Waals surface area (Å²) in [4.78, 5) is 26.1. The number of halogens is 1. The average molecular weight is 376 g/mol. The van der Waals surface area contributed by atoms with Crippen LogP contribution in [0.1, 0.15) is 55.3 Å². The summed E-state index contributed by atoms with van der Waals surface area (Å²) in [6.45, 7) is 2.31. The molecule has 2 aliphatic rings. The summed E-state index contributed by atoms with van der Waals surface area (Å²) >= 11 is 0. The second-order valence-electron chi connectivity index (χ2n) is 8.12. The lowest BCUT2D eigenvalue weighted by Crippen LogP contribution is -2.49. The first kappa shape index (κ1) is 20.0. The van der Waals surface area contributed by atoms with Crippen molar-refractivity contribution in [2.75, 3.05) is 19.6 Å². The fourth-order valence-corrected chi connectivity index (χ4v) is 4.34. The van der Waals surface area contributed by atoms with E-state index in [-0.39, 0.29) is 17.6 Å². The van der Waals surface area contributed by atoms with Gasteiger partial charge in [0.2, 0.25) is 5.91 Å². The molecule has 0 bridgehead atoms. The van der Waals surface area contributed by atoms with Gasteiger partial charge in [0.25, 0.3) is 0 Å². The molecule has 1 saturated carbocycles. The van der Waals surface area contributed by atoms with E-state index in [0.29, 0.717) is 37.4 Å². The molecule has 0 atom stereocenters. The van der Waals surface area contributed by atoms with Crippen LogP contribution in [0.25, 0.3) is 0 Å². The maximum Gasteiger partial charge on any atom is 0.220 e. The number of aliphatic hydroxyl groups is 1. The van der Waals surface area contributed by atoms with Crippen LogP contribution in [0.2, 0.25) is 0 Å². The summed E-state index contributed by atoms with van der Waals surface area (Å²) in [5, 5.41) is 10.8. The van der Waals surface area contributed by atoms with Gasteiger partial charge in [-0.05, 0) is 81.7 Å². The minimum Gasteiger partial charge on any atom is -0.382 e. The molecule has 1 heterocycles. The molecular weight excluding hydrogens is 347 g/mol. The predicted molar refractivity (Wildman–Crippen MR) is 101 cm³/mol. The summed E-state index contributed by atoms with van der Waals surface area (Å²) in [5.74, 6) is -0.203. The van der Waals surface area contributed by atoms with Crippen LogP contribution in [-0.2, 0) is 4.79 Å². The monoisotopic (exact) mass is 376 g/mol. The van der Waals surface area contributed by atoms with E-state index in [2.05, 4.69) is 4.90 Å². The third-order valence-corrected chi connectivity index (χ3v) is 6.31. The zero-order valence-electron chi connectivity index (χ0n) is 15.7. The summed E-state index contributed by atoms with van der Waals surface area (Å²) in [5.41, 5.74) is 4.39. The molecular formula is C21H29FN2O3. The Morgan fingerprint density at radius 2 is 1.70 bits per heavy atom. The van der Waals surface area contributed by atoms with E-state index in [1.807, 2.05) is 0 Å². The fraction of sp³-hybridized carbons (Fsp3) is 0.619. The molecule has 0 spiro atoms. The third kappa shape index (κ3) is 4.93. The van der Waals surface area contributed by atoms with Gasteiger partial charge in [0.05, 0.1) is 0 Å². The van der Waals surface area contributed by atoms with Crippen molar-refractivity contribution in [3.63, 3.8) is 0 Å². The minimum absolute atomic E-state index is 0.0451. The van der Waals surface area contributed by atoms with Crippen LogP contribution >= 0.6 is 0 Å². The topological polar surface area (TPSA) is 83.6 Å². The van der Waals surface area contributed by atoms with Crippen molar-refractivity contribution >= 4 is 11.7 Å². The van der Waals surface area contributed by atoms with Gasteiger partial charge in [-0.25, -0.2) is 4.39 Å². The summed E-state index contributed by atoms with van der Waals surface area (Å²) in [7, 11) is 0. The van der Waals surface area contributed by atoms with Gasteiger partial charge in [-0.1, -0.05) is 0 Å². The molecule has 0 radical (unpaired) electrons. The molecule has 148 valence electrons. The van der Waals surface area contributed by atoms with Gasteiger partial charge >= 0.3 is 0 Å². The maximum absolute atomic E-state index is 13.0. The molecule has 6 heteroatoms. The van der Waals surface area contributed by atoms with Gasteiger partial charge in [0.15, 0.2) is 5.78 Å². The Balaban J connectivity index is 1.44. The molecule has 1 aliphatic heterocycles. The molecule has 3 rings (SSSR count). The number of ketones is 1. The largest absolute Gasteiger partial charge is 0.382 e. The Hall–Kier alpha value is -1.79. The highest BCUT2D eigenvalue weighted by atomic mass is 19.1. The predicted octanol–water partition coefficient (Wildman–Crippen LogP) is 2.52. The van der Waals surface area contributed by atoms with E-state index in [4.69, 9.17) is 5.73 Å². The lowest BCUT2D eigenvalue weighted by atomic mass is 9.80. The number of primary amides is 1. The van der Waals surface area contributed by atoms with Gasteiger partial charge in [-0.3, -0.25) is 9.59 Å². The lowest BCUT2D eigenvalue weighted by molar-refractivity contribution is -0.123. The number of likely N-dealkylation sites (tertiary alicyclic amines) is 1. The van der Waals surface area contributed by atoms with Crippen LogP contribution in [-0.4, -0.2) is 46.9 Å². The van der Waals surface area contributed by atoms with Crippen molar-refractivity contribution in [1.29, 1.82) is 0 Å². The van der Waals surface area contributed by atoms with E-state index in [1.165, 1.54) is 24.3 Å². The van der Waals surface area contributed by atoms with Crippen LogP contribution < -0.4 is 5.73 Å². The van der Waals surface area contributed by atoms with Gasteiger partial charge in [0, 0.05) is 24.6 Å². The molecule has 5 nitrogen and oxygen atoms in total. The maximum atomic E-state index is 13.0. The lowest BCUT2D eigenvalue weighted by Gasteiger charge is -2.38. The van der Waals surface area contributed by atoms with Gasteiger partial charge in [0.1, 0.15) is 11.4 Å². The summed E-state index contributed by atoms with van der Waals surface area (Å²) < 4.78 is 13.0. The summed E-state index contributed by atoms with van der Waals surface area (Å²) in [6.07, 6.45) is 5.77. The SMILES string of the molecule is NC(=O)[C@H]1CC[C@H](CCN2CCC(O)(C(=O)c3ccc(F)cc3)CC2)CC1. The smallest absolute Gasteiger partial charge is 0.220 e. The second-order valence-corrected chi connectivity index (χ2v) is 8.12. The van der Waals surface area contributed by atoms with Gasteiger partial charge < -0.3 is 15.7 Å². The minimum atomic E-state index is -1.35. The van der Waals surface area contributed by atoms with Crippen molar-refractivity contribution in [3.8, 4) is 0 Å². The molecule has 1 amide bonds. The van der Waals surface area contributed by atoms with E-state index in [1.54, 1.807) is 0 Å². The first-order valence-corrected chi connectivity index (χ1v) is 9.92. The molecule has 0 aromatic heterocycles. The Morgan fingerprint density at radius 1 is 1.11 bits per heavy atom. The van der Waals surface area contributed by atoms with E-state index < -0.39 is 11.4 Å². The number of nitrogens with zero attached hydrogens (tertiary/aromatic N) is 1. The van der Waals surface area contributed by atoms with Gasteiger partial charge in [-0.15, -0.1) is 0 Å². The molecule has 27 heavy (non-hydrogen) atoms. The molecule has 1 aliphatic carbocycles. The number of rotatable bonds is 6. The Morgan fingerprint density at radius 3 is 2.26 bits per heavy atom. The number of benzene rings is 1. The zero-order chi connectivity index (χ0) is 19.4. The van der Waals surface area contributed by atoms with E-state index >= 15 is 0 Å². The van der Waals surface area contributed by atoms with Crippen LogP contribution in [0.15, 0.2) is 24.3 Å². The number of nitrogens with two attached hydrogens (primary N) is 1. The molecule has 3 N–H and O–H groups in total. The highest BCUT2D eigenvalue weighted by molar-refractivity contribution is 6.02. The van der Waals surface area contributed by atoms with E-state index in [9.17, 15) is 19.1 Å². The average Bonchev–Trinajstić information content (AvgIpc) is 2.68. The molecule has 0 unspecified atom stereocenters. The number of hydrogen-bond acceptors (Lipinski definition) is 4. The van der Waals surface area contributed by atoms with Crippen molar-refractivity contribution in [1.82, 2.24) is 4.90 Å². The van der Waals surface area contributed by atoms with Crippen LogP contribution in [0.4, 0.5) is 4.39 Å². The second kappa shape index (κ2) is 8.48. The van der Waals surface area contributed by atoms with Crippen molar-refractivity contribution in [2.24, 2.45) is 17.6 Å². The van der Waals surface area contributed by atoms with Crippen molar-refractivity contribution < 1.29 is 19.1 Å². The first-order valence-electron chi connectivity index (χ1n) is 9.92. The normalized spacial score (nSPS) is 25.9. The van der Waals surface area contributed by atoms with Crippen LogP contribution in [0.3, 0.4) is 0 Å². The molecule has 1 saturated heterocycles. The molecule has 2 fully saturated rings. The standard InChI is InChI=1S/C21H29FN2O3/c22-18-7-5-16(6-8-18)19(25)21(27)10-13-24(14-11-21)12-9-15-1-3-17(4-2-15)20(23)26/h5-8,15,17,27H,1-4,9-14H2,(H2,23,26)/t15-,17-. The molecule has 1 aromatic carbocycles. The van der Waals surface area contributed by atoms with Crippen LogP contribution in [0, 0.1) is 17.7 Å². The Bertz CT molecular complexity index is 661. The number of carbonyl (C=O) groups is 2. The first-order chi connectivity index (χ1) is 12.9. The number of amides is 1. The Labute approximate surface area is 159 Å². The highest BCUT2D eigenvalue weighted by Gasteiger charge is 2.39. The highest BCUT2D eigenvalue weighted by Crippen LogP contribution is 2.32. The Kier molecular flexibility index (Phi) is 6.27. The van der Waals surface area contributed by atoms with Crippen molar-refractivity contribution in [2.45, 2.75) is 50.5 Å². The van der Waals surface area contributed by atoms with Crippen LogP contribution in [0.5, 0.6) is 0 Å². The number of hydrogen-bond donors (Lipinski definition) is 2. The number of carbonyl (C=O) groups excluding carboxylic acids is 2. The fourth-order valence-electron chi connectivity index (χ4n) is 4.34. The number of Topliss-reactive ketones (excluding diaryl/α,β-unsaturated/α-hetero) is 1. The zero-order valence-corrected chi connectivity index (χ0v) is 15.7. The van der Waals surface area contributed by atoms with Crippen molar-refractivity contribution in [3.05, 3.63) is 35.6 Å². The molecule has 1 aromatic rings. The summed E-state index contributed by atoms with van der Waals surface area (Å²) in [6, 6.07) is 5.37. The van der Waals surface area contributed by atoms with Gasteiger partial charge in [-0.2, -0.15) is 0 Å². The number of piperidine rings is 1. The van der Waals surface area contributed by atoms with E-state index in [0.717, 1.165) is 38.6 Å². The quantitative estimate of drug-likeness (QED) is 0.748. The third-order valence-electron chi connectivity index (χ3n) is 6.31.